The quantitative estimate of drug-likeness (QED) is 0.598. The van der Waals surface area contributed by atoms with E-state index >= 15 is 0 Å². The molecule has 8 heteroatoms. The van der Waals surface area contributed by atoms with Crippen LogP contribution in [0.4, 0.5) is 5.69 Å². The van der Waals surface area contributed by atoms with Crippen LogP contribution in [0, 0.1) is 24.0 Å². The summed E-state index contributed by atoms with van der Waals surface area (Å²) in [6, 6.07) is 3.34. The summed E-state index contributed by atoms with van der Waals surface area (Å²) in [5, 5.41) is 22.5. The average Bonchev–Trinajstić information content (AvgIpc) is 2.85. The lowest BCUT2D eigenvalue weighted by Crippen LogP contribution is -2.09. The molecule has 0 aliphatic rings. The normalized spacial score (nSPS) is 10.6. The Morgan fingerprint density at radius 2 is 2.14 bits per heavy atom. The van der Waals surface area contributed by atoms with Crippen molar-refractivity contribution >= 4 is 5.69 Å². The Morgan fingerprint density at radius 1 is 1.38 bits per heavy atom. The molecular formula is C13H17N5O3. The molecule has 112 valence electrons. The molecule has 1 aromatic carbocycles. The topological polar surface area (TPSA) is 96.0 Å². The van der Waals surface area contributed by atoms with E-state index in [2.05, 4.69) is 15.5 Å². The van der Waals surface area contributed by atoms with E-state index in [4.69, 9.17) is 4.74 Å². The maximum atomic E-state index is 11.1. The molecule has 0 N–H and O–H groups in total. The van der Waals surface area contributed by atoms with Crippen LogP contribution in [0.1, 0.15) is 30.3 Å². The van der Waals surface area contributed by atoms with Crippen molar-refractivity contribution in [3.63, 3.8) is 0 Å². The molecule has 21 heavy (non-hydrogen) atoms. The van der Waals surface area contributed by atoms with Crippen LogP contribution in [0.5, 0.6) is 5.75 Å². The summed E-state index contributed by atoms with van der Waals surface area (Å²) in [5.41, 5.74) is 1.50. The van der Waals surface area contributed by atoms with Crippen LogP contribution in [0.2, 0.25) is 0 Å². The molecule has 2 rings (SSSR count). The Hall–Kier alpha value is -2.51. The SMILES string of the molecule is CCCn1nnnc1COc1c(C)cc(C)cc1[N+](=O)[O-]. The predicted octanol–water partition coefficient (Wildman–Crippen LogP) is 2.19. The van der Waals surface area contributed by atoms with Crippen molar-refractivity contribution in [1.82, 2.24) is 20.2 Å². The number of nitro groups is 1. The van der Waals surface area contributed by atoms with Crippen LogP contribution < -0.4 is 4.74 Å². The fraction of sp³-hybridized carbons (Fsp3) is 0.462. The first-order valence-electron chi connectivity index (χ1n) is 6.66. The number of nitro benzene ring substituents is 1. The molecule has 0 spiro atoms. The first-order valence-corrected chi connectivity index (χ1v) is 6.66. The second kappa shape index (κ2) is 6.29. The van der Waals surface area contributed by atoms with E-state index in [9.17, 15) is 10.1 Å². The van der Waals surface area contributed by atoms with Gasteiger partial charge < -0.3 is 4.74 Å². The van der Waals surface area contributed by atoms with Gasteiger partial charge in [0.25, 0.3) is 0 Å². The molecule has 0 unspecified atom stereocenters. The van der Waals surface area contributed by atoms with E-state index in [-0.39, 0.29) is 18.0 Å². The van der Waals surface area contributed by atoms with Crippen LogP contribution in [0.25, 0.3) is 0 Å². The third kappa shape index (κ3) is 3.33. The molecule has 1 aromatic heterocycles. The van der Waals surface area contributed by atoms with E-state index in [1.165, 1.54) is 6.07 Å². The molecule has 1 heterocycles. The van der Waals surface area contributed by atoms with Crippen molar-refractivity contribution in [3.8, 4) is 5.75 Å². The number of hydrogen-bond donors (Lipinski definition) is 0. The van der Waals surface area contributed by atoms with Gasteiger partial charge in [0.2, 0.25) is 5.75 Å². The second-order valence-electron chi connectivity index (χ2n) is 4.79. The first-order chi connectivity index (χ1) is 10.0. The van der Waals surface area contributed by atoms with Crippen molar-refractivity contribution in [2.75, 3.05) is 0 Å². The number of hydrogen-bond acceptors (Lipinski definition) is 6. The fourth-order valence-electron chi connectivity index (χ4n) is 2.10. The second-order valence-corrected chi connectivity index (χ2v) is 4.79. The lowest BCUT2D eigenvalue weighted by atomic mass is 10.1. The molecule has 0 atom stereocenters. The number of aromatic nitrogens is 4. The summed E-state index contributed by atoms with van der Waals surface area (Å²) in [4.78, 5) is 10.7. The Balaban J connectivity index is 2.23. The Bertz CT molecular complexity index is 653. The molecular weight excluding hydrogens is 274 g/mol. The zero-order valence-corrected chi connectivity index (χ0v) is 12.2. The van der Waals surface area contributed by atoms with E-state index in [0.717, 1.165) is 17.5 Å². The summed E-state index contributed by atoms with van der Waals surface area (Å²) in [5.74, 6) is 0.808. The highest BCUT2D eigenvalue weighted by Crippen LogP contribution is 2.32. The molecule has 8 nitrogen and oxygen atoms in total. The monoisotopic (exact) mass is 291 g/mol. The van der Waals surface area contributed by atoms with Crippen molar-refractivity contribution in [3.05, 3.63) is 39.2 Å². The van der Waals surface area contributed by atoms with Gasteiger partial charge in [-0.1, -0.05) is 13.0 Å². The van der Waals surface area contributed by atoms with Crippen molar-refractivity contribution < 1.29 is 9.66 Å². The minimum atomic E-state index is -0.440. The van der Waals surface area contributed by atoms with Gasteiger partial charge in [-0.2, -0.15) is 0 Å². The molecule has 0 aliphatic heterocycles. The van der Waals surface area contributed by atoms with Crippen LogP contribution in [0.3, 0.4) is 0 Å². The maximum absolute atomic E-state index is 11.1. The van der Waals surface area contributed by atoms with Gasteiger partial charge in [-0.05, 0) is 41.8 Å². The van der Waals surface area contributed by atoms with Gasteiger partial charge in [-0.3, -0.25) is 10.1 Å². The lowest BCUT2D eigenvalue weighted by molar-refractivity contribution is -0.386. The van der Waals surface area contributed by atoms with Crippen LogP contribution in [0.15, 0.2) is 12.1 Å². The summed E-state index contributed by atoms with van der Waals surface area (Å²) in [6.45, 7) is 6.38. The van der Waals surface area contributed by atoms with Crippen molar-refractivity contribution in [1.29, 1.82) is 0 Å². The molecule has 0 saturated carbocycles. The number of ether oxygens (including phenoxy) is 1. The number of aryl methyl sites for hydroxylation is 3. The van der Waals surface area contributed by atoms with E-state index in [1.807, 2.05) is 19.9 Å². The van der Waals surface area contributed by atoms with Gasteiger partial charge in [-0.25, -0.2) is 4.68 Å². The van der Waals surface area contributed by atoms with Crippen LogP contribution in [-0.4, -0.2) is 25.1 Å². The highest BCUT2D eigenvalue weighted by atomic mass is 16.6. The molecule has 0 fully saturated rings. The van der Waals surface area contributed by atoms with Gasteiger partial charge in [0.15, 0.2) is 5.82 Å². The van der Waals surface area contributed by atoms with Crippen LogP contribution >= 0.6 is 0 Å². The Labute approximate surface area is 121 Å². The lowest BCUT2D eigenvalue weighted by Gasteiger charge is -2.10. The average molecular weight is 291 g/mol. The molecule has 0 aliphatic carbocycles. The molecule has 0 amide bonds. The summed E-state index contributed by atoms with van der Waals surface area (Å²) < 4.78 is 7.24. The van der Waals surface area contributed by atoms with Gasteiger partial charge in [0.1, 0.15) is 6.61 Å². The van der Waals surface area contributed by atoms with Crippen LogP contribution in [-0.2, 0) is 13.2 Å². The minimum absolute atomic E-state index is 0.0398. The zero-order chi connectivity index (χ0) is 15.4. The van der Waals surface area contributed by atoms with Gasteiger partial charge >= 0.3 is 5.69 Å². The largest absolute Gasteiger partial charge is 0.478 e. The Kier molecular flexibility index (Phi) is 4.46. The third-order valence-corrected chi connectivity index (χ3v) is 2.98. The van der Waals surface area contributed by atoms with Gasteiger partial charge in [0.05, 0.1) is 4.92 Å². The van der Waals surface area contributed by atoms with Crippen molar-refractivity contribution in [2.45, 2.75) is 40.3 Å². The minimum Gasteiger partial charge on any atom is -0.478 e. The number of rotatable bonds is 6. The van der Waals surface area contributed by atoms with E-state index in [0.29, 0.717) is 12.4 Å². The predicted molar refractivity (Wildman–Crippen MR) is 75.0 cm³/mol. The molecule has 0 radical (unpaired) electrons. The number of tetrazole rings is 1. The standard InChI is InChI=1S/C13H17N5O3/c1-4-5-17-12(14-15-16-17)8-21-13-10(3)6-9(2)7-11(13)18(19)20/h6-7H,4-5,8H2,1-3H3. The molecule has 2 aromatic rings. The number of benzene rings is 1. The third-order valence-electron chi connectivity index (χ3n) is 2.98. The first kappa shape index (κ1) is 14.9. The van der Waals surface area contributed by atoms with Gasteiger partial charge in [0, 0.05) is 12.6 Å². The summed E-state index contributed by atoms with van der Waals surface area (Å²) in [7, 11) is 0. The van der Waals surface area contributed by atoms with Gasteiger partial charge in [-0.15, -0.1) is 5.10 Å². The summed E-state index contributed by atoms with van der Waals surface area (Å²) in [6.07, 6.45) is 0.891. The maximum Gasteiger partial charge on any atom is 0.311 e. The molecule has 0 bridgehead atoms. The fourth-order valence-corrected chi connectivity index (χ4v) is 2.10. The highest BCUT2D eigenvalue weighted by molar-refractivity contribution is 5.53. The molecule has 0 saturated heterocycles. The smallest absolute Gasteiger partial charge is 0.311 e. The highest BCUT2D eigenvalue weighted by Gasteiger charge is 2.19. The van der Waals surface area contributed by atoms with E-state index < -0.39 is 4.92 Å². The Morgan fingerprint density at radius 3 is 2.81 bits per heavy atom. The van der Waals surface area contributed by atoms with E-state index in [1.54, 1.807) is 11.6 Å². The zero-order valence-electron chi connectivity index (χ0n) is 12.2. The van der Waals surface area contributed by atoms with Crippen molar-refractivity contribution in [2.24, 2.45) is 0 Å². The summed E-state index contributed by atoms with van der Waals surface area (Å²) >= 11 is 0. The number of nitrogens with zero attached hydrogens (tertiary/aromatic N) is 5.